The highest BCUT2D eigenvalue weighted by Gasteiger charge is 2.54. The molecule has 108 valence electrons. The zero-order valence-corrected chi connectivity index (χ0v) is 13.1. The lowest BCUT2D eigenvalue weighted by Gasteiger charge is -2.47. The van der Waals surface area contributed by atoms with E-state index in [2.05, 4.69) is 25.7 Å². The van der Waals surface area contributed by atoms with E-state index in [1.165, 1.54) is 0 Å². The minimum atomic E-state index is -0.520. The first-order chi connectivity index (χ1) is 8.86. The summed E-state index contributed by atoms with van der Waals surface area (Å²) in [6.45, 7) is 7.42. The van der Waals surface area contributed by atoms with Crippen LogP contribution in [-0.2, 0) is 4.79 Å². The third-order valence-electron chi connectivity index (χ3n) is 4.47. The average molecular weight is 282 g/mol. The molecule has 2 aliphatic rings. The fraction of sp³-hybridized carbons (Fsp3) is 0.867. The van der Waals surface area contributed by atoms with E-state index in [1.54, 1.807) is 0 Å². The number of carbonyl (C=O) groups is 1. The molecule has 0 heterocycles. The van der Waals surface area contributed by atoms with E-state index in [0.29, 0.717) is 22.9 Å². The van der Waals surface area contributed by atoms with Crippen molar-refractivity contribution in [3.8, 4) is 0 Å². The predicted molar refractivity (Wildman–Crippen MR) is 81.8 cm³/mol. The van der Waals surface area contributed by atoms with Crippen LogP contribution >= 0.6 is 12.2 Å². The number of hydrogen-bond donors (Lipinski definition) is 1. The van der Waals surface area contributed by atoms with Gasteiger partial charge in [0.1, 0.15) is 0 Å². The monoisotopic (exact) mass is 282 g/mol. The summed E-state index contributed by atoms with van der Waals surface area (Å²) in [5.74, 6) is 1.40. The minimum absolute atomic E-state index is 0.209. The van der Waals surface area contributed by atoms with Crippen molar-refractivity contribution in [2.24, 2.45) is 23.0 Å². The maximum absolute atomic E-state index is 12.9. The number of hydrogen-bond acceptors (Lipinski definition) is 2. The van der Waals surface area contributed by atoms with Crippen LogP contribution in [0.2, 0.25) is 0 Å². The zero-order valence-electron chi connectivity index (χ0n) is 12.3. The molecule has 2 rings (SSSR count). The van der Waals surface area contributed by atoms with Crippen molar-refractivity contribution in [1.29, 1.82) is 0 Å². The summed E-state index contributed by atoms with van der Waals surface area (Å²) >= 11 is 5.20. The van der Waals surface area contributed by atoms with Gasteiger partial charge in [-0.15, -0.1) is 0 Å². The number of carbonyl (C=O) groups excluding carboxylic acids is 1. The van der Waals surface area contributed by atoms with Crippen LogP contribution < -0.4 is 5.73 Å². The Balaban J connectivity index is 2.07. The molecule has 2 saturated carbocycles. The van der Waals surface area contributed by atoms with E-state index in [4.69, 9.17) is 18.0 Å². The molecule has 0 aromatic carbocycles. The van der Waals surface area contributed by atoms with Gasteiger partial charge in [0.25, 0.3) is 0 Å². The van der Waals surface area contributed by atoms with Crippen LogP contribution in [0.15, 0.2) is 0 Å². The van der Waals surface area contributed by atoms with Crippen LogP contribution in [0.3, 0.4) is 0 Å². The van der Waals surface area contributed by atoms with Gasteiger partial charge >= 0.3 is 0 Å². The van der Waals surface area contributed by atoms with Gasteiger partial charge in [0.05, 0.1) is 10.4 Å². The molecule has 0 unspecified atom stereocenters. The quantitative estimate of drug-likeness (QED) is 0.762. The first-order valence-corrected chi connectivity index (χ1v) is 7.88. The molecular formula is C15H26N2OS. The highest BCUT2D eigenvalue weighted by atomic mass is 32.1. The summed E-state index contributed by atoms with van der Waals surface area (Å²) in [6.07, 6.45) is 5.03. The Kier molecular flexibility index (Phi) is 4.19. The topological polar surface area (TPSA) is 46.3 Å². The van der Waals surface area contributed by atoms with Crippen LogP contribution in [-0.4, -0.2) is 28.4 Å². The summed E-state index contributed by atoms with van der Waals surface area (Å²) < 4.78 is 0. The summed E-state index contributed by atoms with van der Waals surface area (Å²) in [4.78, 5) is 15.4. The second kappa shape index (κ2) is 5.39. The second-order valence-electron chi connectivity index (χ2n) is 6.87. The molecule has 19 heavy (non-hydrogen) atoms. The number of amides is 1. The Morgan fingerprint density at radius 1 is 1.42 bits per heavy atom. The second-order valence-corrected chi connectivity index (χ2v) is 7.31. The van der Waals surface area contributed by atoms with Gasteiger partial charge < -0.3 is 10.6 Å². The molecule has 0 saturated heterocycles. The van der Waals surface area contributed by atoms with Crippen molar-refractivity contribution >= 4 is 23.1 Å². The molecule has 3 nitrogen and oxygen atoms in total. The Labute approximate surface area is 121 Å². The summed E-state index contributed by atoms with van der Waals surface area (Å²) in [6, 6.07) is 0.452. The van der Waals surface area contributed by atoms with Gasteiger partial charge in [-0.25, -0.2) is 0 Å². The third kappa shape index (κ3) is 2.93. The molecule has 1 amide bonds. The lowest BCUT2D eigenvalue weighted by Crippen LogP contribution is -2.57. The number of nitrogens with zero attached hydrogens (tertiary/aromatic N) is 1. The van der Waals surface area contributed by atoms with Crippen molar-refractivity contribution in [2.45, 2.75) is 58.9 Å². The van der Waals surface area contributed by atoms with E-state index in [9.17, 15) is 4.79 Å². The van der Waals surface area contributed by atoms with E-state index < -0.39 is 5.41 Å². The van der Waals surface area contributed by atoms with Gasteiger partial charge in [0, 0.05) is 12.6 Å². The van der Waals surface area contributed by atoms with Crippen LogP contribution in [0, 0.1) is 17.3 Å². The standard InChI is InChI=1S/C15H26N2OS/c1-10(2)6-7-17(12-4-5-12)14(18)15(13(16)19)8-11(3)9-15/h10-12H,4-9H2,1-3H3,(H2,16,19). The molecule has 0 spiro atoms. The Hall–Kier alpha value is -0.640. The molecule has 0 aromatic rings. The number of thiocarbonyl (C=S) groups is 1. The largest absolute Gasteiger partial charge is 0.392 e. The third-order valence-corrected chi connectivity index (χ3v) is 4.86. The highest BCUT2D eigenvalue weighted by molar-refractivity contribution is 7.80. The van der Waals surface area contributed by atoms with Crippen molar-refractivity contribution in [3.05, 3.63) is 0 Å². The molecule has 0 aliphatic heterocycles. The van der Waals surface area contributed by atoms with Gasteiger partial charge in [-0.3, -0.25) is 4.79 Å². The molecule has 2 aliphatic carbocycles. The molecule has 2 fully saturated rings. The first-order valence-electron chi connectivity index (χ1n) is 7.48. The van der Waals surface area contributed by atoms with Crippen LogP contribution in [0.4, 0.5) is 0 Å². The number of nitrogens with two attached hydrogens (primary N) is 1. The van der Waals surface area contributed by atoms with E-state index in [0.717, 1.165) is 38.6 Å². The average Bonchev–Trinajstić information content (AvgIpc) is 3.07. The van der Waals surface area contributed by atoms with Crippen molar-refractivity contribution in [2.75, 3.05) is 6.54 Å². The Bertz CT molecular complexity index is 370. The molecular weight excluding hydrogens is 256 g/mol. The zero-order chi connectivity index (χ0) is 14.2. The SMILES string of the molecule is CC(C)CCN(C(=O)C1(C(N)=S)CC(C)C1)C1CC1. The fourth-order valence-electron chi connectivity index (χ4n) is 3.12. The van der Waals surface area contributed by atoms with Gasteiger partial charge in [-0.1, -0.05) is 33.0 Å². The van der Waals surface area contributed by atoms with Gasteiger partial charge in [0.15, 0.2) is 0 Å². The molecule has 0 aromatic heterocycles. The van der Waals surface area contributed by atoms with Gasteiger partial charge in [-0.05, 0) is 43.9 Å². The van der Waals surface area contributed by atoms with Crippen molar-refractivity contribution in [3.63, 3.8) is 0 Å². The van der Waals surface area contributed by atoms with Crippen molar-refractivity contribution in [1.82, 2.24) is 4.90 Å². The normalized spacial score (nSPS) is 30.0. The summed E-state index contributed by atoms with van der Waals surface area (Å²) in [5.41, 5.74) is 5.37. The molecule has 0 radical (unpaired) electrons. The molecule has 2 N–H and O–H groups in total. The maximum Gasteiger partial charge on any atom is 0.235 e. The lowest BCUT2D eigenvalue weighted by atomic mass is 9.61. The Morgan fingerprint density at radius 2 is 2.00 bits per heavy atom. The summed E-state index contributed by atoms with van der Waals surface area (Å²) in [7, 11) is 0. The van der Waals surface area contributed by atoms with E-state index in [-0.39, 0.29) is 5.91 Å². The van der Waals surface area contributed by atoms with Crippen LogP contribution in [0.25, 0.3) is 0 Å². The highest BCUT2D eigenvalue weighted by Crippen LogP contribution is 2.48. The summed E-state index contributed by atoms with van der Waals surface area (Å²) in [5, 5.41) is 0. The maximum atomic E-state index is 12.9. The van der Waals surface area contributed by atoms with E-state index in [1.807, 2.05) is 0 Å². The minimum Gasteiger partial charge on any atom is -0.392 e. The van der Waals surface area contributed by atoms with E-state index >= 15 is 0 Å². The van der Waals surface area contributed by atoms with Gasteiger partial charge in [0.2, 0.25) is 5.91 Å². The van der Waals surface area contributed by atoms with Crippen LogP contribution in [0.5, 0.6) is 0 Å². The first kappa shape index (κ1) is 14.8. The van der Waals surface area contributed by atoms with Crippen molar-refractivity contribution < 1.29 is 4.79 Å². The predicted octanol–water partition coefficient (Wildman–Crippen LogP) is 2.73. The fourth-order valence-corrected chi connectivity index (χ4v) is 3.37. The lowest BCUT2D eigenvalue weighted by molar-refractivity contribution is -0.144. The molecule has 4 heteroatoms. The number of rotatable bonds is 6. The van der Waals surface area contributed by atoms with Gasteiger partial charge in [-0.2, -0.15) is 0 Å². The Morgan fingerprint density at radius 3 is 2.37 bits per heavy atom. The smallest absolute Gasteiger partial charge is 0.235 e. The molecule has 0 atom stereocenters. The molecule has 0 bridgehead atoms. The van der Waals surface area contributed by atoms with Crippen LogP contribution in [0.1, 0.15) is 52.9 Å².